The van der Waals surface area contributed by atoms with Gasteiger partial charge in [0.15, 0.2) is 0 Å². The maximum atomic E-state index is 12.1. The van der Waals surface area contributed by atoms with Crippen molar-refractivity contribution in [3.8, 4) is 0 Å². The number of hydrogen-bond donors (Lipinski definition) is 1. The van der Waals surface area contributed by atoms with Crippen molar-refractivity contribution in [3.63, 3.8) is 0 Å². The van der Waals surface area contributed by atoms with E-state index in [0.717, 1.165) is 10.9 Å². The van der Waals surface area contributed by atoms with Gasteiger partial charge >= 0.3 is 5.97 Å². The van der Waals surface area contributed by atoms with Crippen molar-refractivity contribution < 1.29 is 9.63 Å². The Bertz CT molecular complexity index is 746. The first-order valence-corrected chi connectivity index (χ1v) is 5.89. The van der Waals surface area contributed by atoms with Crippen LogP contribution in [0.1, 0.15) is 10.4 Å². The van der Waals surface area contributed by atoms with Crippen molar-refractivity contribution in [2.75, 3.05) is 5.73 Å². The number of carbonyl (C=O) groups is 1. The van der Waals surface area contributed by atoms with Gasteiger partial charge in [0.2, 0.25) is 0 Å². The highest BCUT2D eigenvalue weighted by molar-refractivity contribution is 5.95. The molecular weight excluding hydrogens is 240 g/mol. The summed E-state index contributed by atoms with van der Waals surface area (Å²) >= 11 is 0. The summed E-state index contributed by atoms with van der Waals surface area (Å²) < 4.78 is 1.45. The Labute approximate surface area is 110 Å². The van der Waals surface area contributed by atoms with Gasteiger partial charge in [-0.3, -0.25) is 0 Å². The second-order valence-corrected chi connectivity index (χ2v) is 4.17. The molecule has 4 nitrogen and oxygen atoms in total. The lowest BCUT2D eigenvalue weighted by Gasteiger charge is -2.07. The number of nitrogens with two attached hydrogens (primary N) is 1. The smallest absolute Gasteiger partial charge is 0.365 e. The van der Waals surface area contributed by atoms with Crippen molar-refractivity contribution in [1.29, 1.82) is 0 Å². The normalized spacial score (nSPS) is 10.5. The first kappa shape index (κ1) is 11.3. The van der Waals surface area contributed by atoms with Crippen LogP contribution >= 0.6 is 0 Å². The summed E-state index contributed by atoms with van der Waals surface area (Å²) in [4.78, 5) is 17.4. The van der Waals surface area contributed by atoms with Gasteiger partial charge in [-0.1, -0.05) is 30.3 Å². The Morgan fingerprint density at radius 1 is 1.00 bits per heavy atom. The number of carbonyl (C=O) groups excluding carboxylic acids is 1. The molecule has 0 amide bonds. The van der Waals surface area contributed by atoms with Crippen LogP contribution in [0, 0.1) is 0 Å². The van der Waals surface area contributed by atoms with Crippen LogP contribution in [-0.4, -0.2) is 10.7 Å². The van der Waals surface area contributed by atoms with Gasteiger partial charge in [0.25, 0.3) is 0 Å². The Morgan fingerprint density at radius 3 is 2.58 bits per heavy atom. The maximum absolute atomic E-state index is 12.1. The molecule has 0 radical (unpaired) electrons. The number of rotatable bonds is 2. The highest BCUT2D eigenvalue weighted by Gasteiger charge is 2.12. The molecule has 0 saturated carbocycles. The number of benzene rings is 2. The SMILES string of the molecule is Nc1ccccc1C(=O)On1ccc2ccccc21. The minimum atomic E-state index is -0.473. The zero-order valence-corrected chi connectivity index (χ0v) is 10.1. The molecule has 0 spiro atoms. The van der Waals surface area contributed by atoms with E-state index < -0.39 is 5.97 Å². The highest BCUT2D eigenvalue weighted by atomic mass is 16.7. The van der Waals surface area contributed by atoms with Gasteiger partial charge in [-0.25, -0.2) is 4.79 Å². The number of aromatic nitrogens is 1. The largest absolute Gasteiger partial charge is 0.398 e. The second-order valence-electron chi connectivity index (χ2n) is 4.17. The summed E-state index contributed by atoms with van der Waals surface area (Å²) in [5.41, 5.74) is 7.36. The van der Waals surface area contributed by atoms with Crippen LogP contribution in [0.3, 0.4) is 0 Å². The topological polar surface area (TPSA) is 57.3 Å². The Balaban J connectivity index is 1.94. The quantitative estimate of drug-likeness (QED) is 0.713. The van der Waals surface area contributed by atoms with E-state index in [0.29, 0.717) is 11.3 Å². The number of nitrogen functional groups attached to an aromatic ring is 1. The molecule has 3 aromatic rings. The van der Waals surface area contributed by atoms with Crippen molar-refractivity contribution in [2.24, 2.45) is 0 Å². The Morgan fingerprint density at radius 2 is 1.74 bits per heavy atom. The third-order valence-corrected chi connectivity index (χ3v) is 2.93. The lowest BCUT2D eigenvalue weighted by Crippen LogP contribution is -2.20. The molecule has 1 heterocycles. The molecular formula is C15H12N2O2. The Hall–Kier alpha value is -2.75. The molecule has 0 aliphatic heterocycles. The van der Waals surface area contributed by atoms with E-state index in [9.17, 15) is 4.79 Å². The van der Waals surface area contributed by atoms with Gasteiger partial charge in [-0.2, -0.15) is 4.73 Å². The molecule has 1 aromatic heterocycles. The summed E-state index contributed by atoms with van der Waals surface area (Å²) in [6.07, 6.45) is 1.71. The zero-order chi connectivity index (χ0) is 13.2. The lowest BCUT2D eigenvalue weighted by atomic mass is 10.2. The summed E-state index contributed by atoms with van der Waals surface area (Å²) in [7, 11) is 0. The highest BCUT2D eigenvalue weighted by Crippen LogP contribution is 2.15. The molecule has 19 heavy (non-hydrogen) atoms. The van der Waals surface area contributed by atoms with E-state index in [1.54, 1.807) is 30.5 Å². The van der Waals surface area contributed by atoms with E-state index in [-0.39, 0.29) is 0 Å². The fraction of sp³-hybridized carbons (Fsp3) is 0. The van der Waals surface area contributed by atoms with Crippen LogP contribution in [0.4, 0.5) is 5.69 Å². The lowest BCUT2D eigenvalue weighted by molar-refractivity contribution is 0.0484. The Kier molecular flexibility index (Phi) is 2.68. The van der Waals surface area contributed by atoms with Gasteiger partial charge in [0.05, 0.1) is 11.1 Å². The third kappa shape index (κ3) is 2.04. The molecule has 0 saturated heterocycles. The van der Waals surface area contributed by atoms with Gasteiger partial charge in [0.1, 0.15) is 0 Å². The summed E-state index contributed by atoms with van der Waals surface area (Å²) in [6.45, 7) is 0. The van der Waals surface area contributed by atoms with Gasteiger partial charge in [-0.15, -0.1) is 0 Å². The molecule has 94 valence electrons. The molecule has 0 atom stereocenters. The summed E-state index contributed by atoms with van der Waals surface area (Å²) in [5, 5.41) is 1.01. The van der Waals surface area contributed by atoms with Crippen molar-refractivity contribution in [3.05, 3.63) is 66.4 Å². The molecule has 3 rings (SSSR count). The second kappa shape index (κ2) is 4.49. The van der Waals surface area contributed by atoms with Crippen LogP contribution < -0.4 is 10.6 Å². The third-order valence-electron chi connectivity index (χ3n) is 2.93. The molecule has 0 fully saturated rings. The molecule has 0 aliphatic carbocycles. The zero-order valence-electron chi connectivity index (χ0n) is 10.1. The molecule has 4 heteroatoms. The predicted molar refractivity (Wildman–Crippen MR) is 73.7 cm³/mol. The maximum Gasteiger partial charge on any atom is 0.365 e. The fourth-order valence-electron chi connectivity index (χ4n) is 1.96. The monoisotopic (exact) mass is 252 g/mol. The standard InChI is InChI=1S/C15H12N2O2/c16-13-7-3-2-6-12(13)15(18)19-17-10-9-11-5-1-4-8-14(11)17/h1-10H,16H2. The average Bonchev–Trinajstić information content (AvgIpc) is 2.83. The van der Waals surface area contributed by atoms with Crippen molar-refractivity contribution in [1.82, 2.24) is 4.73 Å². The van der Waals surface area contributed by atoms with Crippen LogP contribution in [0.15, 0.2) is 60.8 Å². The minimum absolute atomic E-state index is 0.361. The predicted octanol–water partition coefficient (Wildman–Crippen LogP) is 2.49. The van der Waals surface area contributed by atoms with E-state index in [1.165, 1.54) is 4.73 Å². The first-order valence-electron chi connectivity index (χ1n) is 5.89. The molecule has 0 bridgehead atoms. The summed E-state index contributed by atoms with van der Waals surface area (Å²) in [6, 6.07) is 16.4. The first-order chi connectivity index (χ1) is 9.25. The average molecular weight is 252 g/mol. The van der Waals surface area contributed by atoms with E-state index >= 15 is 0 Å². The number of anilines is 1. The molecule has 0 unspecified atom stereocenters. The number of fused-ring (bicyclic) bond motifs is 1. The van der Waals surface area contributed by atoms with Gasteiger partial charge in [0, 0.05) is 17.3 Å². The van der Waals surface area contributed by atoms with E-state index in [1.807, 2.05) is 30.3 Å². The van der Waals surface area contributed by atoms with E-state index in [2.05, 4.69) is 0 Å². The fourth-order valence-corrected chi connectivity index (χ4v) is 1.96. The summed E-state index contributed by atoms with van der Waals surface area (Å²) in [5.74, 6) is -0.473. The molecule has 2 aromatic carbocycles. The number of para-hydroxylation sites is 2. The van der Waals surface area contributed by atoms with Gasteiger partial charge < -0.3 is 10.6 Å². The number of hydrogen-bond acceptors (Lipinski definition) is 3. The van der Waals surface area contributed by atoms with Crippen molar-refractivity contribution >= 4 is 22.6 Å². The van der Waals surface area contributed by atoms with Crippen LogP contribution in [0.2, 0.25) is 0 Å². The molecule has 0 aliphatic rings. The van der Waals surface area contributed by atoms with Crippen LogP contribution in [-0.2, 0) is 0 Å². The number of nitrogens with zero attached hydrogens (tertiary/aromatic N) is 1. The van der Waals surface area contributed by atoms with Crippen molar-refractivity contribution in [2.45, 2.75) is 0 Å². The van der Waals surface area contributed by atoms with Crippen LogP contribution in [0.5, 0.6) is 0 Å². The van der Waals surface area contributed by atoms with Crippen LogP contribution in [0.25, 0.3) is 10.9 Å². The minimum Gasteiger partial charge on any atom is -0.398 e. The molecule has 2 N–H and O–H groups in total. The van der Waals surface area contributed by atoms with E-state index in [4.69, 9.17) is 10.6 Å². The van der Waals surface area contributed by atoms with Gasteiger partial charge in [-0.05, 0) is 24.3 Å².